The third kappa shape index (κ3) is 6.07. The Hall–Kier alpha value is -0.450. The Kier molecular flexibility index (Phi) is 7.65. The molecule has 0 aromatic carbocycles. The zero-order chi connectivity index (χ0) is 11.0. The Bertz CT molecular complexity index is 158. The highest BCUT2D eigenvalue weighted by Gasteiger charge is 2.17. The highest BCUT2D eigenvalue weighted by molar-refractivity contribution is 5.75. The molecule has 2 atom stereocenters. The molecule has 0 aromatic rings. The molecule has 0 bridgehead atoms. The van der Waals surface area contributed by atoms with Crippen molar-refractivity contribution >= 4 is 5.78 Å². The van der Waals surface area contributed by atoms with E-state index in [1.165, 1.54) is 0 Å². The molecule has 0 fully saturated rings. The second kappa shape index (κ2) is 7.91. The number of ether oxygens (including phenoxy) is 3. The average molecular weight is 204 g/mol. The lowest BCUT2D eigenvalue weighted by Crippen LogP contribution is -2.26. The van der Waals surface area contributed by atoms with Crippen molar-refractivity contribution in [2.75, 3.05) is 27.9 Å². The van der Waals surface area contributed by atoms with Crippen LogP contribution in [0.4, 0.5) is 0 Å². The molecule has 4 nitrogen and oxygen atoms in total. The normalized spacial score (nSPS) is 15.1. The highest BCUT2D eigenvalue weighted by atomic mass is 16.5. The SMILES string of the molecule is COC[C@H](C[C@H](CC(C)=O)OC)OC. The maximum Gasteiger partial charge on any atom is 0.132 e. The molecular formula is C10H20O4. The molecule has 84 valence electrons. The summed E-state index contributed by atoms with van der Waals surface area (Å²) < 4.78 is 15.4. The van der Waals surface area contributed by atoms with E-state index in [4.69, 9.17) is 14.2 Å². The molecule has 4 heteroatoms. The third-order valence-corrected chi connectivity index (χ3v) is 2.06. The minimum atomic E-state index is -0.0763. The number of carbonyl (C=O) groups is 1. The lowest BCUT2D eigenvalue weighted by molar-refractivity contribution is -0.120. The summed E-state index contributed by atoms with van der Waals surface area (Å²) >= 11 is 0. The molecule has 0 radical (unpaired) electrons. The van der Waals surface area contributed by atoms with E-state index in [1.807, 2.05) is 0 Å². The number of rotatable bonds is 8. The van der Waals surface area contributed by atoms with Gasteiger partial charge in [0.05, 0.1) is 18.8 Å². The van der Waals surface area contributed by atoms with Crippen molar-refractivity contribution in [1.82, 2.24) is 0 Å². The molecule has 0 rings (SSSR count). The molecule has 0 aliphatic carbocycles. The smallest absolute Gasteiger partial charge is 0.132 e. The fourth-order valence-corrected chi connectivity index (χ4v) is 1.29. The van der Waals surface area contributed by atoms with Gasteiger partial charge in [0.2, 0.25) is 0 Å². The molecule has 0 spiro atoms. The molecule has 0 saturated carbocycles. The molecule has 0 heterocycles. The van der Waals surface area contributed by atoms with Crippen LogP contribution < -0.4 is 0 Å². The second-order valence-electron chi connectivity index (χ2n) is 3.31. The summed E-state index contributed by atoms with van der Waals surface area (Å²) in [5, 5.41) is 0. The van der Waals surface area contributed by atoms with E-state index in [1.54, 1.807) is 28.3 Å². The first-order valence-electron chi connectivity index (χ1n) is 4.68. The van der Waals surface area contributed by atoms with Crippen LogP contribution in [0.25, 0.3) is 0 Å². The van der Waals surface area contributed by atoms with Gasteiger partial charge in [-0.15, -0.1) is 0 Å². The Morgan fingerprint density at radius 1 is 1.14 bits per heavy atom. The first-order valence-corrected chi connectivity index (χ1v) is 4.68. The van der Waals surface area contributed by atoms with Gasteiger partial charge in [0.25, 0.3) is 0 Å². The number of carbonyl (C=O) groups excluding carboxylic acids is 1. The molecule has 14 heavy (non-hydrogen) atoms. The van der Waals surface area contributed by atoms with Crippen molar-refractivity contribution in [2.24, 2.45) is 0 Å². The van der Waals surface area contributed by atoms with E-state index in [0.29, 0.717) is 19.4 Å². The molecular weight excluding hydrogens is 184 g/mol. The largest absolute Gasteiger partial charge is 0.382 e. The monoisotopic (exact) mass is 204 g/mol. The van der Waals surface area contributed by atoms with Crippen LogP contribution in [0.3, 0.4) is 0 Å². The lowest BCUT2D eigenvalue weighted by Gasteiger charge is -2.20. The summed E-state index contributed by atoms with van der Waals surface area (Å²) in [4.78, 5) is 10.9. The van der Waals surface area contributed by atoms with Crippen molar-refractivity contribution < 1.29 is 19.0 Å². The van der Waals surface area contributed by atoms with Crippen molar-refractivity contribution in [1.29, 1.82) is 0 Å². The van der Waals surface area contributed by atoms with E-state index >= 15 is 0 Å². The Balaban J connectivity index is 3.93. The van der Waals surface area contributed by atoms with E-state index in [9.17, 15) is 4.79 Å². The minimum absolute atomic E-state index is 0.00991. The average Bonchev–Trinajstić information content (AvgIpc) is 2.15. The zero-order valence-corrected chi connectivity index (χ0v) is 9.41. The lowest BCUT2D eigenvalue weighted by atomic mass is 10.1. The number of hydrogen-bond acceptors (Lipinski definition) is 4. The Morgan fingerprint density at radius 3 is 2.07 bits per heavy atom. The molecule has 0 aliphatic rings. The second-order valence-corrected chi connectivity index (χ2v) is 3.31. The van der Waals surface area contributed by atoms with Crippen LogP contribution in [0, 0.1) is 0 Å². The van der Waals surface area contributed by atoms with Crippen molar-refractivity contribution in [2.45, 2.75) is 32.0 Å². The van der Waals surface area contributed by atoms with Crippen LogP contribution in [0.1, 0.15) is 19.8 Å². The van der Waals surface area contributed by atoms with Gasteiger partial charge in [0.1, 0.15) is 5.78 Å². The summed E-state index contributed by atoms with van der Waals surface area (Å²) in [6.45, 7) is 2.08. The predicted octanol–water partition coefficient (Wildman–Crippen LogP) is 1.03. The zero-order valence-electron chi connectivity index (χ0n) is 9.41. The summed E-state index contributed by atoms with van der Waals surface area (Å²) in [6.07, 6.45) is 1.03. The van der Waals surface area contributed by atoms with Gasteiger partial charge in [0.15, 0.2) is 0 Å². The molecule has 0 saturated heterocycles. The fraction of sp³-hybridized carbons (Fsp3) is 0.900. The van der Waals surface area contributed by atoms with Crippen LogP contribution in [0.15, 0.2) is 0 Å². The Morgan fingerprint density at radius 2 is 1.71 bits per heavy atom. The molecule has 0 aromatic heterocycles. The van der Waals surface area contributed by atoms with Gasteiger partial charge >= 0.3 is 0 Å². The van der Waals surface area contributed by atoms with Crippen molar-refractivity contribution in [3.05, 3.63) is 0 Å². The number of hydrogen-bond donors (Lipinski definition) is 0. The Labute approximate surface area is 85.5 Å². The van der Waals surface area contributed by atoms with Crippen molar-refractivity contribution in [3.8, 4) is 0 Å². The number of ketones is 1. The summed E-state index contributed by atoms with van der Waals surface area (Å²) in [7, 11) is 4.86. The molecule has 0 N–H and O–H groups in total. The maximum absolute atomic E-state index is 10.9. The fourth-order valence-electron chi connectivity index (χ4n) is 1.29. The first-order chi connectivity index (χ1) is 6.63. The molecule has 0 unspecified atom stereocenters. The van der Waals surface area contributed by atoms with Crippen molar-refractivity contribution in [3.63, 3.8) is 0 Å². The van der Waals surface area contributed by atoms with Crippen LogP contribution in [-0.2, 0) is 19.0 Å². The molecule has 0 amide bonds. The predicted molar refractivity (Wildman–Crippen MR) is 53.4 cm³/mol. The van der Waals surface area contributed by atoms with E-state index in [-0.39, 0.29) is 18.0 Å². The van der Waals surface area contributed by atoms with Crippen LogP contribution in [-0.4, -0.2) is 45.9 Å². The summed E-state index contributed by atoms with van der Waals surface area (Å²) in [5.41, 5.74) is 0. The maximum atomic E-state index is 10.9. The van der Waals surface area contributed by atoms with Gasteiger partial charge in [-0.1, -0.05) is 0 Å². The standard InChI is InChI=1S/C10H20O4/c1-8(11)5-9(13-3)6-10(14-4)7-12-2/h9-10H,5-7H2,1-4H3/t9-,10-/m0/s1. The van der Waals surface area contributed by atoms with Crippen LogP contribution in [0.2, 0.25) is 0 Å². The highest BCUT2D eigenvalue weighted by Crippen LogP contribution is 2.09. The van der Waals surface area contributed by atoms with Gasteiger partial charge < -0.3 is 14.2 Å². The summed E-state index contributed by atoms with van der Waals surface area (Å²) in [5.74, 6) is 0.129. The third-order valence-electron chi connectivity index (χ3n) is 2.06. The summed E-state index contributed by atoms with van der Waals surface area (Å²) in [6, 6.07) is 0. The van der Waals surface area contributed by atoms with E-state index in [0.717, 1.165) is 0 Å². The topological polar surface area (TPSA) is 44.8 Å². The van der Waals surface area contributed by atoms with Gasteiger partial charge in [-0.2, -0.15) is 0 Å². The van der Waals surface area contributed by atoms with E-state index < -0.39 is 0 Å². The van der Waals surface area contributed by atoms with E-state index in [2.05, 4.69) is 0 Å². The van der Waals surface area contributed by atoms with Gasteiger partial charge in [-0.3, -0.25) is 4.79 Å². The molecule has 0 aliphatic heterocycles. The van der Waals surface area contributed by atoms with Crippen LogP contribution in [0.5, 0.6) is 0 Å². The van der Waals surface area contributed by atoms with Gasteiger partial charge in [-0.25, -0.2) is 0 Å². The quantitative estimate of drug-likeness (QED) is 0.592. The first kappa shape index (κ1) is 13.5. The van der Waals surface area contributed by atoms with Gasteiger partial charge in [0, 0.05) is 34.2 Å². The van der Waals surface area contributed by atoms with Crippen LogP contribution >= 0.6 is 0 Å². The minimum Gasteiger partial charge on any atom is -0.382 e. The number of methoxy groups -OCH3 is 3. The van der Waals surface area contributed by atoms with Gasteiger partial charge in [-0.05, 0) is 6.92 Å². The number of Topliss-reactive ketones (excluding diaryl/α,β-unsaturated/α-hetero) is 1.